The highest BCUT2D eigenvalue weighted by Crippen LogP contribution is 2.33. The Morgan fingerprint density at radius 2 is 1.83 bits per heavy atom. The van der Waals surface area contributed by atoms with Crippen LogP contribution < -0.4 is 0 Å². The lowest BCUT2D eigenvalue weighted by Gasteiger charge is -2.26. The second-order valence-electron chi connectivity index (χ2n) is 7.36. The summed E-state index contributed by atoms with van der Waals surface area (Å²) in [6, 6.07) is 13.8. The number of hydrogen-bond acceptors (Lipinski definition) is 4. The van der Waals surface area contributed by atoms with Crippen molar-refractivity contribution in [2.75, 3.05) is 26.8 Å². The standard InChI is InChI=1S/C23H26FN3O3/c1-16-4-6-19(7-5-16)22-14-21(18-8-10-20(24)11-9-18)25-27(22)23(29)15-26(17(2)28)12-13-30-3/h4-11,22H,12-15H2,1-3H3/t22-/m0/s1. The summed E-state index contributed by atoms with van der Waals surface area (Å²) in [7, 11) is 1.55. The molecule has 0 saturated heterocycles. The van der Waals surface area contributed by atoms with E-state index in [1.54, 1.807) is 19.2 Å². The fourth-order valence-electron chi connectivity index (χ4n) is 3.39. The number of rotatable bonds is 7. The van der Waals surface area contributed by atoms with Crippen molar-refractivity contribution < 1.29 is 18.7 Å². The number of aryl methyl sites for hydroxylation is 1. The number of amides is 2. The summed E-state index contributed by atoms with van der Waals surface area (Å²) in [6.45, 7) is 4.02. The zero-order valence-electron chi connectivity index (χ0n) is 17.5. The van der Waals surface area contributed by atoms with Crippen LogP contribution in [0.3, 0.4) is 0 Å². The minimum absolute atomic E-state index is 0.0821. The molecule has 0 fully saturated rings. The lowest BCUT2D eigenvalue weighted by atomic mass is 9.97. The van der Waals surface area contributed by atoms with E-state index >= 15 is 0 Å². The summed E-state index contributed by atoms with van der Waals surface area (Å²) in [4.78, 5) is 26.5. The van der Waals surface area contributed by atoms with Crippen LogP contribution in [-0.4, -0.2) is 54.2 Å². The van der Waals surface area contributed by atoms with Crippen molar-refractivity contribution in [1.29, 1.82) is 0 Å². The van der Waals surface area contributed by atoms with Gasteiger partial charge in [-0.05, 0) is 30.2 Å². The van der Waals surface area contributed by atoms with Crippen LogP contribution in [-0.2, 0) is 14.3 Å². The molecule has 2 aromatic rings. The van der Waals surface area contributed by atoms with E-state index in [2.05, 4.69) is 5.10 Å². The Morgan fingerprint density at radius 1 is 1.17 bits per heavy atom. The Balaban J connectivity index is 1.88. The molecular weight excluding hydrogens is 385 g/mol. The van der Waals surface area contributed by atoms with Gasteiger partial charge in [0.1, 0.15) is 12.4 Å². The molecule has 0 radical (unpaired) electrons. The first-order chi connectivity index (χ1) is 14.4. The van der Waals surface area contributed by atoms with Crippen molar-refractivity contribution >= 4 is 17.5 Å². The van der Waals surface area contributed by atoms with Crippen LogP contribution in [0.2, 0.25) is 0 Å². The number of hydrogen-bond donors (Lipinski definition) is 0. The zero-order chi connectivity index (χ0) is 21.7. The maximum atomic E-state index is 13.3. The van der Waals surface area contributed by atoms with E-state index in [-0.39, 0.29) is 30.2 Å². The topological polar surface area (TPSA) is 62.2 Å². The van der Waals surface area contributed by atoms with Gasteiger partial charge >= 0.3 is 0 Å². The highest BCUT2D eigenvalue weighted by atomic mass is 19.1. The van der Waals surface area contributed by atoms with Gasteiger partial charge in [0.25, 0.3) is 5.91 Å². The largest absolute Gasteiger partial charge is 0.383 e. The molecule has 2 aromatic carbocycles. The lowest BCUT2D eigenvalue weighted by molar-refractivity contribution is -0.141. The molecule has 1 atom stereocenters. The maximum absolute atomic E-state index is 13.3. The van der Waals surface area contributed by atoms with Gasteiger partial charge in [-0.1, -0.05) is 42.0 Å². The summed E-state index contributed by atoms with van der Waals surface area (Å²) in [5.74, 6) is -0.797. The number of nitrogens with zero attached hydrogens (tertiary/aromatic N) is 3. The molecule has 0 aromatic heterocycles. The Bertz CT molecular complexity index is 926. The van der Waals surface area contributed by atoms with E-state index < -0.39 is 0 Å². The van der Waals surface area contributed by atoms with E-state index in [0.29, 0.717) is 25.3 Å². The van der Waals surface area contributed by atoms with Crippen molar-refractivity contribution in [1.82, 2.24) is 9.91 Å². The third-order valence-electron chi connectivity index (χ3n) is 5.14. The third kappa shape index (κ3) is 5.10. The number of carbonyl (C=O) groups excluding carboxylic acids is 2. The van der Waals surface area contributed by atoms with Gasteiger partial charge in [-0.15, -0.1) is 0 Å². The molecule has 7 heteroatoms. The molecule has 1 aliphatic heterocycles. The molecule has 0 aliphatic carbocycles. The van der Waals surface area contributed by atoms with Crippen molar-refractivity contribution in [3.05, 3.63) is 71.0 Å². The SMILES string of the molecule is COCCN(CC(=O)N1N=C(c2ccc(F)cc2)C[C@H]1c1ccc(C)cc1)C(C)=O. The first-order valence-corrected chi connectivity index (χ1v) is 9.85. The van der Waals surface area contributed by atoms with E-state index in [1.165, 1.54) is 29.0 Å². The molecule has 158 valence electrons. The van der Waals surface area contributed by atoms with Crippen LogP contribution in [0.15, 0.2) is 53.6 Å². The fraction of sp³-hybridized carbons (Fsp3) is 0.348. The van der Waals surface area contributed by atoms with E-state index in [1.807, 2.05) is 31.2 Å². The number of halogens is 1. The van der Waals surface area contributed by atoms with Gasteiger partial charge in [-0.25, -0.2) is 9.40 Å². The molecular formula is C23H26FN3O3. The monoisotopic (exact) mass is 411 g/mol. The minimum atomic E-state index is -0.324. The first-order valence-electron chi connectivity index (χ1n) is 9.85. The zero-order valence-corrected chi connectivity index (χ0v) is 17.5. The number of hydrazone groups is 1. The highest BCUT2D eigenvalue weighted by molar-refractivity contribution is 6.03. The maximum Gasteiger partial charge on any atom is 0.262 e. The summed E-state index contributed by atoms with van der Waals surface area (Å²) in [5, 5.41) is 6.02. The minimum Gasteiger partial charge on any atom is -0.383 e. The van der Waals surface area contributed by atoms with Crippen LogP contribution in [0, 0.1) is 12.7 Å². The number of methoxy groups -OCH3 is 1. The van der Waals surface area contributed by atoms with Gasteiger partial charge in [0.15, 0.2) is 0 Å². The smallest absolute Gasteiger partial charge is 0.262 e. The summed E-state index contributed by atoms with van der Waals surface area (Å²) >= 11 is 0. The molecule has 2 amide bonds. The van der Waals surface area contributed by atoms with Gasteiger partial charge in [-0.3, -0.25) is 9.59 Å². The Morgan fingerprint density at radius 3 is 2.43 bits per heavy atom. The molecule has 0 unspecified atom stereocenters. The second-order valence-corrected chi connectivity index (χ2v) is 7.36. The molecule has 3 rings (SSSR count). The average molecular weight is 411 g/mol. The van der Waals surface area contributed by atoms with E-state index in [0.717, 1.165) is 16.7 Å². The van der Waals surface area contributed by atoms with Crippen LogP contribution in [0.5, 0.6) is 0 Å². The van der Waals surface area contributed by atoms with Crippen LogP contribution in [0.25, 0.3) is 0 Å². The van der Waals surface area contributed by atoms with Crippen LogP contribution in [0.4, 0.5) is 4.39 Å². The summed E-state index contributed by atoms with van der Waals surface area (Å²) in [6.07, 6.45) is 0.512. The number of ether oxygens (including phenoxy) is 1. The first kappa shape index (κ1) is 21.6. The van der Waals surface area contributed by atoms with Crippen molar-refractivity contribution in [3.63, 3.8) is 0 Å². The Hall–Kier alpha value is -3.06. The highest BCUT2D eigenvalue weighted by Gasteiger charge is 2.34. The summed E-state index contributed by atoms with van der Waals surface area (Å²) < 4.78 is 18.4. The quantitative estimate of drug-likeness (QED) is 0.702. The molecule has 0 spiro atoms. The van der Waals surface area contributed by atoms with Crippen molar-refractivity contribution in [3.8, 4) is 0 Å². The predicted molar refractivity (Wildman–Crippen MR) is 112 cm³/mol. The van der Waals surface area contributed by atoms with Gasteiger partial charge in [-0.2, -0.15) is 5.10 Å². The number of carbonyl (C=O) groups is 2. The normalized spacial score (nSPS) is 15.8. The van der Waals surface area contributed by atoms with Gasteiger partial charge in [0.05, 0.1) is 18.4 Å². The second kappa shape index (κ2) is 9.63. The molecule has 1 aliphatic rings. The van der Waals surface area contributed by atoms with Crippen molar-refractivity contribution in [2.45, 2.75) is 26.3 Å². The molecule has 0 N–H and O–H groups in total. The Kier molecular flexibility index (Phi) is 6.95. The van der Waals surface area contributed by atoms with Crippen LogP contribution in [0.1, 0.15) is 36.1 Å². The van der Waals surface area contributed by atoms with E-state index in [9.17, 15) is 14.0 Å². The molecule has 1 heterocycles. The van der Waals surface area contributed by atoms with Crippen LogP contribution >= 0.6 is 0 Å². The molecule has 0 saturated carbocycles. The van der Waals surface area contributed by atoms with Gasteiger partial charge in [0.2, 0.25) is 5.91 Å². The predicted octanol–water partition coefficient (Wildman–Crippen LogP) is 3.31. The Labute approximate surface area is 175 Å². The third-order valence-corrected chi connectivity index (χ3v) is 5.14. The number of benzene rings is 2. The molecule has 0 bridgehead atoms. The molecule has 30 heavy (non-hydrogen) atoms. The lowest BCUT2D eigenvalue weighted by Crippen LogP contribution is -2.41. The van der Waals surface area contributed by atoms with E-state index in [4.69, 9.17) is 4.74 Å². The fourth-order valence-corrected chi connectivity index (χ4v) is 3.39. The van der Waals surface area contributed by atoms with Crippen molar-refractivity contribution in [2.24, 2.45) is 5.10 Å². The van der Waals surface area contributed by atoms with Gasteiger partial charge < -0.3 is 9.64 Å². The average Bonchev–Trinajstić information content (AvgIpc) is 3.17. The molecule has 6 nitrogen and oxygen atoms in total. The van der Waals surface area contributed by atoms with Gasteiger partial charge in [0, 0.05) is 27.0 Å². The summed E-state index contributed by atoms with van der Waals surface area (Å²) in [5.41, 5.74) is 3.56.